The van der Waals surface area contributed by atoms with Gasteiger partial charge >= 0.3 is 0 Å². The Kier molecular flexibility index (Phi) is 4.35. The minimum Gasteiger partial charge on any atom is -0.447 e. The number of halogens is 1. The van der Waals surface area contributed by atoms with E-state index in [0.29, 0.717) is 24.3 Å². The van der Waals surface area contributed by atoms with Gasteiger partial charge in [0.1, 0.15) is 5.76 Å². The molecule has 118 valence electrons. The van der Waals surface area contributed by atoms with E-state index in [-0.39, 0.29) is 11.0 Å². The third-order valence-electron chi connectivity index (χ3n) is 5.06. The lowest BCUT2D eigenvalue weighted by Gasteiger charge is -2.43. The number of sulfonamides is 1. The van der Waals surface area contributed by atoms with Crippen molar-refractivity contribution >= 4 is 21.6 Å². The Morgan fingerprint density at radius 3 is 2.33 bits per heavy atom. The molecule has 3 rings (SSSR count). The molecule has 1 saturated heterocycles. The maximum Gasteiger partial charge on any atom is 0.276 e. The molecule has 0 radical (unpaired) electrons. The van der Waals surface area contributed by atoms with Crippen molar-refractivity contribution in [1.29, 1.82) is 0 Å². The second-order valence-electron chi connectivity index (χ2n) is 6.32. The normalized spacial score (nSPS) is 23.5. The molecule has 1 aromatic rings. The summed E-state index contributed by atoms with van der Waals surface area (Å²) in [7, 11) is -3.50. The Morgan fingerprint density at radius 2 is 1.76 bits per heavy atom. The number of hydrogen-bond acceptors (Lipinski definition) is 3. The lowest BCUT2D eigenvalue weighted by molar-refractivity contribution is 0.102. The summed E-state index contributed by atoms with van der Waals surface area (Å²) in [6, 6.07) is 3.14. The van der Waals surface area contributed by atoms with Crippen LogP contribution in [0.1, 0.15) is 50.7 Å². The van der Waals surface area contributed by atoms with E-state index in [4.69, 9.17) is 16.0 Å². The molecule has 2 fully saturated rings. The van der Waals surface area contributed by atoms with Crippen molar-refractivity contribution in [3.63, 3.8) is 0 Å². The first-order valence-corrected chi connectivity index (χ1v) is 9.68. The van der Waals surface area contributed by atoms with Gasteiger partial charge in [-0.15, -0.1) is 11.6 Å². The van der Waals surface area contributed by atoms with Crippen LogP contribution >= 0.6 is 11.6 Å². The Bertz CT molecular complexity index is 580. The van der Waals surface area contributed by atoms with Crippen LogP contribution in [0.3, 0.4) is 0 Å². The monoisotopic (exact) mass is 331 g/mol. The largest absolute Gasteiger partial charge is 0.447 e. The van der Waals surface area contributed by atoms with Crippen molar-refractivity contribution in [3.05, 3.63) is 17.9 Å². The van der Waals surface area contributed by atoms with Crippen LogP contribution in [0.2, 0.25) is 0 Å². The summed E-state index contributed by atoms with van der Waals surface area (Å²) >= 11 is 5.67. The fourth-order valence-electron chi connectivity index (χ4n) is 3.70. The highest BCUT2D eigenvalue weighted by Crippen LogP contribution is 2.45. The Hall–Kier alpha value is -0.520. The molecule has 2 heterocycles. The number of nitrogens with zero attached hydrogens (tertiary/aromatic N) is 1. The standard InChI is InChI=1S/C15H22ClNO3S/c16-12-13-4-5-14(20-13)21(18,19)17-10-8-15(9-11-17)6-2-1-3-7-15/h4-5H,1-3,6-12H2. The maximum atomic E-state index is 12.6. The minimum absolute atomic E-state index is 0.0257. The molecule has 0 unspecified atom stereocenters. The van der Waals surface area contributed by atoms with Gasteiger partial charge in [0.05, 0.1) is 5.88 Å². The zero-order valence-corrected chi connectivity index (χ0v) is 13.8. The van der Waals surface area contributed by atoms with E-state index < -0.39 is 10.0 Å². The minimum atomic E-state index is -3.50. The maximum absolute atomic E-state index is 12.6. The van der Waals surface area contributed by atoms with Crippen LogP contribution in [0, 0.1) is 5.41 Å². The Labute approximate surface area is 131 Å². The summed E-state index contributed by atoms with van der Waals surface area (Å²) in [5.41, 5.74) is 0.398. The average Bonchev–Trinajstić information content (AvgIpc) is 2.98. The van der Waals surface area contributed by atoms with Crippen molar-refractivity contribution in [1.82, 2.24) is 4.31 Å². The van der Waals surface area contributed by atoms with Crippen molar-refractivity contribution in [2.45, 2.75) is 55.9 Å². The SMILES string of the molecule is O=S(=O)(c1ccc(CCl)o1)N1CCC2(CCCCC2)CC1. The van der Waals surface area contributed by atoms with Gasteiger partial charge in [-0.05, 0) is 43.2 Å². The van der Waals surface area contributed by atoms with Gasteiger partial charge in [-0.25, -0.2) is 8.42 Å². The van der Waals surface area contributed by atoms with Gasteiger partial charge in [-0.2, -0.15) is 4.31 Å². The summed E-state index contributed by atoms with van der Waals surface area (Å²) in [5, 5.41) is 0.0257. The van der Waals surface area contributed by atoms with Crippen molar-refractivity contribution < 1.29 is 12.8 Å². The van der Waals surface area contributed by atoms with E-state index in [1.165, 1.54) is 38.2 Å². The molecule has 1 spiro atoms. The summed E-state index contributed by atoms with van der Waals surface area (Å²) < 4.78 is 32.1. The molecule has 1 saturated carbocycles. The van der Waals surface area contributed by atoms with Crippen LogP contribution in [0.4, 0.5) is 0 Å². The molecular weight excluding hydrogens is 310 g/mol. The number of piperidine rings is 1. The molecule has 0 bridgehead atoms. The van der Waals surface area contributed by atoms with E-state index in [0.717, 1.165) is 12.8 Å². The highest BCUT2D eigenvalue weighted by molar-refractivity contribution is 7.89. The van der Waals surface area contributed by atoms with Crippen LogP contribution in [-0.4, -0.2) is 25.8 Å². The fourth-order valence-corrected chi connectivity index (χ4v) is 5.21. The van der Waals surface area contributed by atoms with E-state index in [1.54, 1.807) is 10.4 Å². The highest BCUT2D eigenvalue weighted by Gasteiger charge is 2.39. The average molecular weight is 332 g/mol. The van der Waals surface area contributed by atoms with Crippen molar-refractivity contribution in [3.8, 4) is 0 Å². The van der Waals surface area contributed by atoms with Gasteiger partial charge in [0.25, 0.3) is 10.0 Å². The molecule has 1 aliphatic carbocycles. The molecule has 1 aromatic heterocycles. The quantitative estimate of drug-likeness (QED) is 0.792. The van der Waals surface area contributed by atoms with E-state index in [1.807, 2.05) is 0 Å². The zero-order valence-electron chi connectivity index (χ0n) is 12.2. The second-order valence-corrected chi connectivity index (χ2v) is 8.46. The van der Waals surface area contributed by atoms with Crippen LogP contribution in [0.25, 0.3) is 0 Å². The molecule has 0 aromatic carbocycles. The summed E-state index contributed by atoms with van der Waals surface area (Å²) in [4.78, 5) is 0. The number of alkyl halides is 1. The van der Waals surface area contributed by atoms with Crippen LogP contribution in [0.5, 0.6) is 0 Å². The first-order chi connectivity index (χ1) is 10.1. The molecular formula is C15H22ClNO3S. The van der Waals surface area contributed by atoms with Gasteiger partial charge in [0, 0.05) is 13.1 Å². The molecule has 2 aliphatic rings. The smallest absolute Gasteiger partial charge is 0.276 e. The fraction of sp³-hybridized carbons (Fsp3) is 0.733. The summed E-state index contributed by atoms with van der Waals surface area (Å²) in [6.45, 7) is 1.22. The van der Waals surface area contributed by atoms with Crippen molar-refractivity contribution in [2.75, 3.05) is 13.1 Å². The number of rotatable bonds is 3. The lowest BCUT2D eigenvalue weighted by Crippen LogP contribution is -2.43. The molecule has 6 heteroatoms. The second kappa shape index (κ2) is 5.94. The van der Waals surface area contributed by atoms with Gasteiger partial charge in [0.2, 0.25) is 5.09 Å². The molecule has 21 heavy (non-hydrogen) atoms. The zero-order chi connectivity index (χ0) is 14.9. The first-order valence-electron chi connectivity index (χ1n) is 7.71. The van der Waals surface area contributed by atoms with E-state index in [2.05, 4.69) is 0 Å². The molecule has 4 nitrogen and oxygen atoms in total. The van der Waals surface area contributed by atoms with Gasteiger partial charge in [-0.1, -0.05) is 19.3 Å². The third kappa shape index (κ3) is 3.01. The Balaban J connectivity index is 1.70. The summed E-state index contributed by atoms with van der Waals surface area (Å²) in [5.74, 6) is 0.689. The predicted molar refractivity (Wildman–Crippen MR) is 81.8 cm³/mol. The molecule has 0 amide bonds. The van der Waals surface area contributed by atoms with Gasteiger partial charge < -0.3 is 4.42 Å². The van der Waals surface area contributed by atoms with Gasteiger partial charge in [-0.3, -0.25) is 0 Å². The van der Waals surface area contributed by atoms with Gasteiger partial charge in [0.15, 0.2) is 0 Å². The Morgan fingerprint density at radius 1 is 1.10 bits per heavy atom. The van der Waals surface area contributed by atoms with E-state index >= 15 is 0 Å². The van der Waals surface area contributed by atoms with Crippen LogP contribution < -0.4 is 0 Å². The molecule has 0 N–H and O–H groups in total. The molecule has 1 aliphatic heterocycles. The lowest BCUT2D eigenvalue weighted by atomic mass is 9.68. The third-order valence-corrected chi connectivity index (χ3v) is 7.10. The topological polar surface area (TPSA) is 50.5 Å². The van der Waals surface area contributed by atoms with Crippen LogP contribution in [-0.2, 0) is 15.9 Å². The van der Waals surface area contributed by atoms with Crippen molar-refractivity contribution in [2.24, 2.45) is 5.41 Å². The summed E-state index contributed by atoms with van der Waals surface area (Å²) in [6.07, 6.45) is 8.41. The highest BCUT2D eigenvalue weighted by atomic mass is 35.5. The van der Waals surface area contributed by atoms with E-state index in [9.17, 15) is 8.42 Å². The van der Waals surface area contributed by atoms with Crippen LogP contribution in [0.15, 0.2) is 21.6 Å². The molecule has 0 atom stereocenters. The predicted octanol–water partition coefficient (Wildman–Crippen LogP) is 3.75. The number of furan rings is 1. The first kappa shape index (κ1) is 15.4. The number of hydrogen-bond donors (Lipinski definition) is 0.